The molecule has 0 radical (unpaired) electrons. The van der Waals surface area contributed by atoms with Crippen LogP contribution in [0.5, 0.6) is 0 Å². The van der Waals surface area contributed by atoms with Crippen LogP contribution in [-0.2, 0) is 9.59 Å². The molecule has 1 aliphatic carbocycles. The van der Waals surface area contributed by atoms with Crippen LogP contribution in [0.4, 0.5) is 0 Å². The van der Waals surface area contributed by atoms with E-state index in [0.29, 0.717) is 12.3 Å². The Bertz CT molecular complexity index is 316. The molecule has 0 saturated heterocycles. The monoisotopic (exact) mass is 238 g/mol. The molecule has 1 saturated carbocycles. The van der Waals surface area contributed by atoms with Crippen LogP contribution in [0.2, 0.25) is 0 Å². The van der Waals surface area contributed by atoms with Crippen molar-refractivity contribution in [2.45, 2.75) is 38.5 Å². The zero-order chi connectivity index (χ0) is 12.7. The number of nitrogens with zero attached hydrogens (tertiary/aromatic N) is 1. The number of nitrogens with one attached hydrogen (secondary N) is 1. The summed E-state index contributed by atoms with van der Waals surface area (Å²) in [7, 11) is 0. The summed E-state index contributed by atoms with van der Waals surface area (Å²) in [6.07, 6.45) is 5.86. The van der Waals surface area contributed by atoms with Crippen LogP contribution >= 0.6 is 0 Å². The quantitative estimate of drug-likeness (QED) is 0.558. The average molecular weight is 238 g/mol. The van der Waals surface area contributed by atoms with Crippen molar-refractivity contribution in [2.24, 2.45) is 11.8 Å². The molecule has 17 heavy (non-hydrogen) atoms. The number of hydrogen-bond donors (Lipinski definition) is 2. The number of carboxylic acids is 1. The fourth-order valence-corrected chi connectivity index (χ4v) is 2.33. The van der Waals surface area contributed by atoms with E-state index in [2.05, 4.69) is 5.32 Å². The topological polar surface area (TPSA) is 90.2 Å². The highest BCUT2D eigenvalue weighted by Crippen LogP contribution is 2.29. The lowest BCUT2D eigenvalue weighted by atomic mass is 9.82. The minimum atomic E-state index is -1.09. The summed E-state index contributed by atoms with van der Waals surface area (Å²) in [6.45, 7) is -0.132. The Morgan fingerprint density at radius 1 is 1.35 bits per heavy atom. The van der Waals surface area contributed by atoms with Crippen molar-refractivity contribution in [3.05, 3.63) is 0 Å². The van der Waals surface area contributed by atoms with E-state index in [1.807, 2.05) is 0 Å². The smallest absolute Gasteiger partial charge is 0.316 e. The molecule has 0 spiro atoms. The van der Waals surface area contributed by atoms with Crippen LogP contribution in [0.15, 0.2) is 0 Å². The van der Waals surface area contributed by atoms with Crippen LogP contribution in [0.1, 0.15) is 38.5 Å². The standard InChI is InChI=1S/C12H18N2O3/c13-6-7-14-11(15)10(12(16)17)8-9-4-2-1-3-5-9/h9-10H,1-5,7-8H2,(H,14,15)(H,16,17). The average Bonchev–Trinajstić information content (AvgIpc) is 2.34. The number of amides is 1. The van der Waals surface area contributed by atoms with E-state index in [1.165, 1.54) is 6.42 Å². The van der Waals surface area contributed by atoms with E-state index in [4.69, 9.17) is 10.4 Å². The summed E-state index contributed by atoms with van der Waals surface area (Å²) in [4.78, 5) is 22.6. The normalized spacial score (nSPS) is 18.1. The zero-order valence-electron chi connectivity index (χ0n) is 9.82. The van der Waals surface area contributed by atoms with Crippen molar-refractivity contribution < 1.29 is 14.7 Å². The number of carbonyl (C=O) groups is 2. The molecule has 0 aromatic rings. The molecule has 0 heterocycles. The number of carboxylic acid groups (broad SMARTS) is 1. The van der Waals surface area contributed by atoms with E-state index in [9.17, 15) is 9.59 Å². The van der Waals surface area contributed by atoms with Gasteiger partial charge in [-0.3, -0.25) is 9.59 Å². The van der Waals surface area contributed by atoms with Gasteiger partial charge in [0.1, 0.15) is 12.5 Å². The van der Waals surface area contributed by atoms with Crippen LogP contribution in [0.3, 0.4) is 0 Å². The maximum absolute atomic E-state index is 11.6. The second-order valence-corrected chi connectivity index (χ2v) is 4.51. The molecule has 0 bridgehead atoms. The summed E-state index contributed by atoms with van der Waals surface area (Å²) in [5, 5.41) is 19.7. The maximum atomic E-state index is 11.6. The number of nitriles is 1. The van der Waals surface area contributed by atoms with Gasteiger partial charge in [0.25, 0.3) is 0 Å². The Balaban J connectivity index is 2.50. The van der Waals surface area contributed by atoms with Gasteiger partial charge in [0.2, 0.25) is 5.91 Å². The second-order valence-electron chi connectivity index (χ2n) is 4.51. The van der Waals surface area contributed by atoms with Crippen LogP contribution in [0.25, 0.3) is 0 Å². The van der Waals surface area contributed by atoms with Crippen molar-refractivity contribution >= 4 is 11.9 Å². The fourth-order valence-electron chi connectivity index (χ4n) is 2.33. The van der Waals surface area contributed by atoms with Gasteiger partial charge in [0.15, 0.2) is 0 Å². The Morgan fingerprint density at radius 3 is 2.53 bits per heavy atom. The first-order valence-corrected chi connectivity index (χ1v) is 6.02. The molecule has 2 N–H and O–H groups in total. The molecule has 5 heteroatoms. The van der Waals surface area contributed by atoms with Gasteiger partial charge in [-0.05, 0) is 12.3 Å². The minimum Gasteiger partial charge on any atom is -0.481 e. The van der Waals surface area contributed by atoms with Gasteiger partial charge in [0.05, 0.1) is 6.07 Å². The molecule has 0 aromatic heterocycles. The van der Waals surface area contributed by atoms with Crippen molar-refractivity contribution in [1.29, 1.82) is 5.26 Å². The molecule has 1 aliphatic rings. The third-order valence-electron chi connectivity index (χ3n) is 3.25. The Labute approximate surface area is 101 Å². The van der Waals surface area contributed by atoms with Crippen molar-refractivity contribution in [3.8, 4) is 6.07 Å². The number of rotatable bonds is 5. The lowest BCUT2D eigenvalue weighted by Crippen LogP contribution is -2.37. The maximum Gasteiger partial charge on any atom is 0.316 e. The molecular formula is C12H18N2O3. The lowest BCUT2D eigenvalue weighted by Gasteiger charge is -2.23. The van der Waals surface area contributed by atoms with Crippen molar-refractivity contribution in [3.63, 3.8) is 0 Å². The van der Waals surface area contributed by atoms with Crippen LogP contribution in [0, 0.1) is 23.2 Å². The number of aliphatic carboxylic acids is 1. The van der Waals surface area contributed by atoms with E-state index < -0.39 is 17.8 Å². The zero-order valence-corrected chi connectivity index (χ0v) is 9.82. The SMILES string of the molecule is N#CCNC(=O)C(CC1CCCCC1)C(=O)O. The molecule has 0 aromatic carbocycles. The van der Waals surface area contributed by atoms with Gasteiger partial charge in [-0.15, -0.1) is 0 Å². The molecule has 0 aliphatic heterocycles. The fraction of sp³-hybridized carbons (Fsp3) is 0.750. The molecule has 1 amide bonds. The first kappa shape index (κ1) is 13.5. The third kappa shape index (κ3) is 4.43. The minimum absolute atomic E-state index is 0.132. The summed E-state index contributed by atoms with van der Waals surface area (Å²) in [5.41, 5.74) is 0. The van der Waals surface area contributed by atoms with Crippen LogP contribution in [-0.4, -0.2) is 23.5 Å². The highest BCUT2D eigenvalue weighted by Gasteiger charge is 2.29. The van der Waals surface area contributed by atoms with Gasteiger partial charge in [-0.2, -0.15) is 5.26 Å². The van der Waals surface area contributed by atoms with Crippen LogP contribution < -0.4 is 5.32 Å². The predicted octanol–water partition coefficient (Wildman–Crippen LogP) is 1.30. The first-order valence-electron chi connectivity index (χ1n) is 6.02. The lowest BCUT2D eigenvalue weighted by molar-refractivity contribution is -0.147. The van der Waals surface area contributed by atoms with Gasteiger partial charge in [-0.1, -0.05) is 32.1 Å². The summed E-state index contributed by atoms with van der Waals surface area (Å²) >= 11 is 0. The summed E-state index contributed by atoms with van der Waals surface area (Å²) in [6, 6.07) is 1.77. The van der Waals surface area contributed by atoms with Gasteiger partial charge in [0, 0.05) is 0 Å². The molecule has 1 rings (SSSR count). The van der Waals surface area contributed by atoms with E-state index in [1.54, 1.807) is 6.07 Å². The summed E-state index contributed by atoms with van der Waals surface area (Å²) in [5.74, 6) is -2.31. The van der Waals surface area contributed by atoms with Gasteiger partial charge < -0.3 is 10.4 Å². The molecular weight excluding hydrogens is 220 g/mol. The molecule has 94 valence electrons. The Morgan fingerprint density at radius 2 is 2.00 bits per heavy atom. The van der Waals surface area contributed by atoms with Gasteiger partial charge in [-0.25, -0.2) is 0 Å². The highest BCUT2D eigenvalue weighted by atomic mass is 16.4. The molecule has 1 fully saturated rings. The molecule has 1 atom stereocenters. The van der Waals surface area contributed by atoms with E-state index >= 15 is 0 Å². The molecule has 1 unspecified atom stereocenters. The highest BCUT2D eigenvalue weighted by molar-refractivity contribution is 5.96. The Hall–Kier alpha value is -1.57. The number of carbonyl (C=O) groups excluding carboxylic acids is 1. The second kappa shape index (κ2) is 6.89. The van der Waals surface area contributed by atoms with Crippen molar-refractivity contribution in [2.75, 3.05) is 6.54 Å². The van der Waals surface area contributed by atoms with E-state index in [-0.39, 0.29) is 6.54 Å². The van der Waals surface area contributed by atoms with Crippen molar-refractivity contribution in [1.82, 2.24) is 5.32 Å². The van der Waals surface area contributed by atoms with E-state index in [0.717, 1.165) is 25.7 Å². The summed E-state index contributed by atoms with van der Waals surface area (Å²) < 4.78 is 0. The first-order chi connectivity index (χ1) is 8.15. The number of hydrogen-bond acceptors (Lipinski definition) is 3. The van der Waals surface area contributed by atoms with Gasteiger partial charge >= 0.3 is 5.97 Å². The molecule has 5 nitrogen and oxygen atoms in total. The third-order valence-corrected chi connectivity index (χ3v) is 3.25. The Kier molecular flexibility index (Phi) is 5.47. The largest absolute Gasteiger partial charge is 0.481 e. The predicted molar refractivity (Wildman–Crippen MR) is 60.9 cm³/mol.